The summed E-state index contributed by atoms with van der Waals surface area (Å²) in [6.07, 6.45) is 0.467. The maximum absolute atomic E-state index is 12.7. The monoisotopic (exact) mass is 391 g/mol. The largest absolute Gasteiger partial charge is 0.480 e. The summed E-state index contributed by atoms with van der Waals surface area (Å²) in [6, 6.07) is 6.15. The molecule has 0 bridgehead atoms. The molecule has 0 unspecified atom stereocenters. The standard InChI is InChI=1S/C20H29N3O5/c1-12(2)10-16(22-18(25)13(3)21-14(4)24)19(26)23-17(20(27)28)11-15-8-6-5-7-9-15/h5-9,12-13,16-17H,10-11H2,1-4H3,(H,21,24)(H,22,25)(H,23,26)(H,27,28)/t13-,16-,17-/m0/s1. The first-order valence-electron chi connectivity index (χ1n) is 9.24. The van der Waals surface area contributed by atoms with E-state index in [9.17, 15) is 24.3 Å². The lowest BCUT2D eigenvalue weighted by molar-refractivity contribution is -0.142. The molecule has 8 nitrogen and oxygen atoms in total. The molecule has 8 heteroatoms. The molecule has 1 aromatic rings. The number of carbonyl (C=O) groups excluding carboxylic acids is 3. The number of hydrogen-bond acceptors (Lipinski definition) is 4. The normalized spacial score (nSPS) is 13.9. The van der Waals surface area contributed by atoms with Gasteiger partial charge in [-0.05, 0) is 24.8 Å². The van der Waals surface area contributed by atoms with Gasteiger partial charge in [-0.1, -0.05) is 44.2 Å². The number of carbonyl (C=O) groups is 4. The Labute approximate surface area is 165 Å². The smallest absolute Gasteiger partial charge is 0.326 e. The first kappa shape index (κ1) is 23.1. The van der Waals surface area contributed by atoms with Crippen LogP contribution >= 0.6 is 0 Å². The number of benzene rings is 1. The third-order valence-corrected chi connectivity index (χ3v) is 4.05. The number of amides is 3. The van der Waals surface area contributed by atoms with Gasteiger partial charge in [0.2, 0.25) is 17.7 Å². The molecule has 0 aromatic heterocycles. The Morgan fingerprint density at radius 3 is 1.96 bits per heavy atom. The average molecular weight is 391 g/mol. The lowest BCUT2D eigenvalue weighted by atomic mass is 10.0. The third-order valence-electron chi connectivity index (χ3n) is 4.05. The Balaban J connectivity index is 2.84. The Morgan fingerprint density at radius 2 is 1.46 bits per heavy atom. The highest BCUT2D eigenvalue weighted by molar-refractivity contribution is 5.93. The molecular weight excluding hydrogens is 362 g/mol. The van der Waals surface area contributed by atoms with Crippen molar-refractivity contribution in [1.82, 2.24) is 16.0 Å². The fourth-order valence-corrected chi connectivity index (χ4v) is 2.69. The van der Waals surface area contributed by atoms with Crippen LogP contribution in [-0.4, -0.2) is 46.9 Å². The number of carboxylic acids is 1. The van der Waals surface area contributed by atoms with Crippen LogP contribution in [0.1, 0.15) is 39.7 Å². The molecule has 154 valence electrons. The van der Waals surface area contributed by atoms with Crippen LogP contribution in [0.4, 0.5) is 0 Å². The number of aliphatic carboxylic acids is 1. The van der Waals surface area contributed by atoms with Crippen LogP contribution in [0.15, 0.2) is 30.3 Å². The van der Waals surface area contributed by atoms with Crippen molar-refractivity contribution in [2.24, 2.45) is 5.92 Å². The molecule has 0 spiro atoms. The fraction of sp³-hybridized carbons (Fsp3) is 0.500. The van der Waals surface area contributed by atoms with Crippen LogP contribution in [0, 0.1) is 5.92 Å². The van der Waals surface area contributed by atoms with Gasteiger partial charge in [0, 0.05) is 13.3 Å². The second-order valence-electron chi connectivity index (χ2n) is 7.20. The van der Waals surface area contributed by atoms with E-state index in [1.54, 1.807) is 24.3 Å². The molecule has 0 radical (unpaired) electrons. The highest BCUT2D eigenvalue weighted by Crippen LogP contribution is 2.08. The van der Waals surface area contributed by atoms with Gasteiger partial charge in [0.15, 0.2) is 0 Å². The molecule has 0 saturated heterocycles. The topological polar surface area (TPSA) is 125 Å². The van der Waals surface area contributed by atoms with E-state index in [4.69, 9.17) is 0 Å². The predicted octanol–water partition coefficient (Wildman–Crippen LogP) is 0.854. The van der Waals surface area contributed by atoms with E-state index in [2.05, 4.69) is 16.0 Å². The number of rotatable bonds is 10. The minimum Gasteiger partial charge on any atom is -0.480 e. The third kappa shape index (κ3) is 8.20. The SMILES string of the molecule is CC(=O)N[C@@H](C)C(=O)N[C@@H](CC(C)C)C(=O)N[C@@H](Cc1ccccc1)C(=O)O. The van der Waals surface area contributed by atoms with Gasteiger partial charge in [-0.3, -0.25) is 14.4 Å². The molecule has 1 aromatic carbocycles. The fourth-order valence-electron chi connectivity index (χ4n) is 2.69. The summed E-state index contributed by atoms with van der Waals surface area (Å²) < 4.78 is 0. The average Bonchev–Trinajstić information content (AvgIpc) is 2.60. The number of nitrogens with one attached hydrogen (secondary N) is 3. The molecule has 3 atom stereocenters. The molecular formula is C20H29N3O5. The summed E-state index contributed by atoms with van der Waals surface area (Å²) in [5, 5.41) is 17.0. The van der Waals surface area contributed by atoms with Crippen molar-refractivity contribution < 1.29 is 24.3 Å². The number of carboxylic acid groups (broad SMARTS) is 1. The van der Waals surface area contributed by atoms with E-state index in [1.165, 1.54) is 13.8 Å². The van der Waals surface area contributed by atoms with Gasteiger partial charge in [-0.25, -0.2) is 4.79 Å². The van der Waals surface area contributed by atoms with Gasteiger partial charge in [0.05, 0.1) is 0 Å². The van der Waals surface area contributed by atoms with Crippen molar-refractivity contribution >= 4 is 23.7 Å². The van der Waals surface area contributed by atoms with E-state index in [1.807, 2.05) is 19.9 Å². The van der Waals surface area contributed by atoms with Gasteiger partial charge in [0.25, 0.3) is 0 Å². The van der Waals surface area contributed by atoms with E-state index in [0.29, 0.717) is 6.42 Å². The van der Waals surface area contributed by atoms with Crippen molar-refractivity contribution in [1.29, 1.82) is 0 Å². The van der Waals surface area contributed by atoms with Crippen molar-refractivity contribution in [3.8, 4) is 0 Å². The molecule has 0 aliphatic heterocycles. The first-order valence-corrected chi connectivity index (χ1v) is 9.24. The quantitative estimate of drug-likeness (QED) is 0.471. The minimum atomic E-state index is -1.15. The van der Waals surface area contributed by atoms with Gasteiger partial charge < -0.3 is 21.1 Å². The van der Waals surface area contributed by atoms with Crippen LogP contribution in [0.25, 0.3) is 0 Å². The van der Waals surface area contributed by atoms with Crippen LogP contribution in [0.5, 0.6) is 0 Å². The molecule has 4 N–H and O–H groups in total. The van der Waals surface area contributed by atoms with E-state index < -0.39 is 35.9 Å². The predicted molar refractivity (Wildman–Crippen MR) is 104 cm³/mol. The molecule has 28 heavy (non-hydrogen) atoms. The zero-order valence-corrected chi connectivity index (χ0v) is 16.7. The van der Waals surface area contributed by atoms with E-state index >= 15 is 0 Å². The van der Waals surface area contributed by atoms with Gasteiger partial charge in [-0.15, -0.1) is 0 Å². The first-order chi connectivity index (χ1) is 13.1. The molecule has 3 amide bonds. The number of hydrogen-bond donors (Lipinski definition) is 4. The zero-order valence-electron chi connectivity index (χ0n) is 16.7. The molecule has 0 aliphatic carbocycles. The Kier molecular flexibility index (Phi) is 9.14. The van der Waals surface area contributed by atoms with Gasteiger partial charge in [-0.2, -0.15) is 0 Å². The summed E-state index contributed by atoms with van der Waals surface area (Å²) in [6.45, 7) is 6.59. The Bertz CT molecular complexity index is 690. The van der Waals surface area contributed by atoms with Crippen LogP contribution in [0.3, 0.4) is 0 Å². The van der Waals surface area contributed by atoms with E-state index in [-0.39, 0.29) is 18.2 Å². The van der Waals surface area contributed by atoms with E-state index in [0.717, 1.165) is 5.56 Å². The maximum atomic E-state index is 12.7. The van der Waals surface area contributed by atoms with Crippen LogP contribution < -0.4 is 16.0 Å². The summed E-state index contributed by atoms with van der Waals surface area (Å²) in [5.41, 5.74) is 0.777. The van der Waals surface area contributed by atoms with Gasteiger partial charge in [0.1, 0.15) is 18.1 Å². The Morgan fingerprint density at radius 1 is 0.893 bits per heavy atom. The zero-order chi connectivity index (χ0) is 21.3. The molecule has 0 heterocycles. The van der Waals surface area contributed by atoms with Crippen molar-refractivity contribution in [3.63, 3.8) is 0 Å². The molecule has 0 saturated carbocycles. The molecule has 0 fully saturated rings. The van der Waals surface area contributed by atoms with Crippen molar-refractivity contribution in [2.45, 2.75) is 58.7 Å². The molecule has 0 aliphatic rings. The minimum absolute atomic E-state index is 0.0875. The lowest BCUT2D eigenvalue weighted by Gasteiger charge is -2.24. The summed E-state index contributed by atoms with van der Waals surface area (Å²) in [7, 11) is 0. The summed E-state index contributed by atoms with van der Waals surface area (Å²) in [5.74, 6) is -2.50. The Hall–Kier alpha value is -2.90. The molecule has 1 rings (SSSR count). The second-order valence-corrected chi connectivity index (χ2v) is 7.20. The highest BCUT2D eigenvalue weighted by atomic mass is 16.4. The summed E-state index contributed by atoms with van der Waals surface area (Å²) in [4.78, 5) is 47.7. The van der Waals surface area contributed by atoms with Crippen LogP contribution in [-0.2, 0) is 25.6 Å². The van der Waals surface area contributed by atoms with Crippen LogP contribution in [0.2, 0.25) is 0 Å². The van der Waals surface area contributed by atoms with Crippen molar-refractivity contribution in [3.05, 3.63) is 35.9 Å². The van der Waals surface area contributed by atoms with Gasteiger partial charge >= 0.3 is 5.97 Å². The maximum Gasteiger partial charge on any atom is 0.326 e. The summed E-state index contributed by atoms with van der Waals surface area (Å²) >= 11 is 0. The highest BCUT2D eigenvalue weighted by Gasteiger charge is 2.28. The second kappa shape index (κ2) is 11.1. The lowest BCUT2D eigenvalue weighted by Crippen LogP contribution is -2.55. The van der Waals surface area contributed by atoms with Crippen molar-refractivity contribution in [2.75, 3.05) is 0 Å².